The Hall–Kier alpha value is -3.32. The van der Waals surface area contributed by atoms with Crippen LogP contribution in [0.15, 0.2) is 76.5 Å². The minimum absolute atomic E-state index is 0.0255. The Kier molecular flexibility index (Phi) is 5.99. The van der Waals surface area contributed by atoms with Gasteiger partial charge in [0.1, 0.15) is 11.5 Å². The van der Waals surface area contributed by atoms with Crippen molar-refractivity contribution in [2.45, 2.75) is 18.6 Å². The summed E-state index contributed by atoms with van der Waals surface area (Å²) in [5, 5.41) is 9.46. The van der Waals surface area contributed by atoms with Crippen molar-refractivity contribution in [2.24, 2.45) is 0 Å². The number of carbonyl (C=O) groups is 1. The first-order valence-corrected chi connectivity index (χ1v) is 10.5. The van der Waals surface area contributed by atoms with Gasteiger partial charge in [0.2, 0.25) is 0 Å². The highest BCUT2D eigenvalue weighted by Gasteiger charge is 2.19. The van der Waals surface area contributed by atoms with Crippen LogP contribution < -0.4 is 4.74 Å². The molecular formula is C23H21N3O3S. The quantitative estimate of drug-likeness (QED) is 0.299. The summed E-state index contributed by atoms with van der Waals surface area (Å²) >= 11 is 1.35. The van der Waals surface area contributed by atoms with E-state index in [0.29, 0.717) is 23.0 Å². The molecule has 0 bridgehead atoms. The molecule has 0 amide bonds. The third-order valence-electron chi connectivity index (χ3n) is 4.74. The van der Waals surface area contributed by atoms with Gasteiger partial charge in [-0.2, -0.15) is 0 Å². The SMILES string of the molecule is COc1ccccc1C(=O)CSc1nnc(-c2ccccc2C)n1Cc1ccco1. The molecule has 30 heavy (non-hydrogen) atoms. The number of ketones is 1. The van der Waals surface area contributed by atoms with E-state index in [1.807, 2.05) is 60.0 Å². The van der Waals surface area contributed by atoms with Gasteiger partial charge < -0.3 is 9.15 Å². The maximum Gasteiger partial charge on any atom is 0.192 e. The summed E-state index contributed by atoms with van der Waals surface area (Å²) in [5.41, 5.74) is 2.66. The van der Waals surface area contributed by atoms with Crippen molar-refractivity contribution in [1.82, 2.24) is 14.8 Å². The molecule has 0 aliphatic heterocycles. The number of hydrogen-bond donors (Lipinski definition) is 0. The van der Waals surface area contributed by atoms with Crippen LogP contribution in [0.3, 0.4) is 0 Å². The second kappa shape index (κ2) is 9.00. The molecule has 7 heteroatoms. The van der Waals surface area contributed by atoms with Crippen molar-refractivity contribution in [2.75, 3.05) is 12.9 Å². The van der Waals surface area contributed by atoms with Gasteiger partial charge in [-0.25, -0.2) is 0 Å². The van der Waals surface area contributed by atoms with Crippen LogP contribution in [0.2, 0.25) is 0 Å². The van der Waals surface area contributed by atoms with Crippen LogP contribution in [0.1, 0.15) is 21.7 Å². The lowest BCUT2D eigenvalue weighted by Crippen LogP contribution is -2.08. The molecule has 152 valence electrons. The maximum atomic E-state index is 12.8. The standard InChI is InChI=1S/C23H21N3O3S/c1-16-8-3-4-10-18(16)22-24-25-23(26(22)14-17-9-7-13-29-17)30-15-20(27)19-11-5-6-12-21(19)28-2/h3-13H,14-15H2,1-2H3. The molecule has 6 nitrogen and oxygen atoms in total. The molecule has 0 unspecified atom stereocenters. The molecule has 2 heterocycles. The number of Topliss-reactive ketones (excluding diaryl/α,β-unsaturated/α-hetero) is 1. The van der Waals surface area contributed by atoms with Crippen molar-refractivity contribution < 1.29 is 13.9 Å². The summed E-state index contributed by atoms with van der Waals surface area (Å²) in [6, 6.07) is 19.0. The third kappa shape index (κ3) is 4.16. The average molecular weight is 420 g/mol. The Morgan fingerprint density at radius 2 is 1.87 bits per heavy atom. The van der Waals surface area contributed by atoms with Crippen LogP contribution in [0.5, 0.6) is 5.75 Å². The third-order valence-corrected chi connectivity index (χ3v) is 5.70. The molecule has 0 radical (unpaired) electrons. The molecule has 0 atom stereocenters. The molecule has 2 aromatic carbocycles. The number of benzene rings is 2. The number of thioether (sulfide) groups is 1. The van der Waals surface area contributed by atoms with Crippen molar-refractivity contribution in [1.29, 1.82) is 0 Å². The second-order valence-electron chi connectivity index (χ2n) is 6.70. The van der Waals surface area contributed by atoms with E-state index in [4.69, 9.17) is 9.15 Å². The molecular weight excluding hydrogens is 398 g/mol. The zero-order chi connectivity index (χ0) is 20.9. The zero-order valence-electron chi connectivity index (χ0n) is 16.7. The van der Waals surface area contributed by atoms with Gasteiger partial charge >= 0.3 is 0 Å². The fraction of sp³-hybridized carbons (Fsp3) is 0.174. The Bertz CT molecular complexity index is 1150. The molecule has 0 aliphatic carbocycles. The number of carbonyl (C=O) groups excluding carboxylic acids is 1. The van der Waals surface area contributed by atoms with Gasteiger partial charge in [-0.3, -0.25) is 9.36 Å². The number of methoxy groups -OCH3 is 1. The van der Waals surface area contributed by atoms with E-state index >= 15 is 0 Å². The number of aromatic nitrogens is 3. The Labute approximate surface area is 178 Å². The van der Waals surface area contributed by atoms with Crippen LogP contribution >= 0.6 is 11.8 Å². The lowest BCUT2D eigenvalue weighted by Gasteiger charge is -2.11. The largest absolute Gasteiger partial charge is 0.496 e. The molecule has 4 aromatic rings. The zero-order valence-corrected chi connectivity index (χ0v) is 17.6. The first kappa shape index (κ1) is 20.0. The smallest absolute Gasteiger partial charge is 0.192 e. The van der Waals surface area contributed by atoms with E-state index in [1.54, 1.807) is 25.5 Å². The monoisotopic (exact) mass is 419 g/mol. The van der Waals surface area contributed by atoms with Crippen molar-refractivity contribution >= 4 is 17.5 Å². The summed E-state index contributed by atoms with van der Waals surface area (Å²) in [4.78, 5) is 12.8. The summed E-state index contributed by atoms with van der Waals surface area (Å²) in [7, 11) is 1.56. The van der Waals surface area contributed by atoms with Gasteiger partial charge in [0.15, 0.2) is 16.8 Å². The molecule has 0 spiro atoms. The van der Waals surface area contributed by atoms with E-state index in [9.17, 15) is 4.79 Å². The summed E-state index contributed by atoms with van der Waals surface area (Å²) in [6.45, 7) is 2.52. The van der Waals surface area contributed by atoms with E-state index in [-0.39, 0.29) is 11.5 Å². The van der Waals surface area contributed by atoms with Crippen molar-refractivity contribution in [3.8, 4) is 17.1 Å². The Morgan fingerprint density at radius 1 is 1.07 bits per heavy atom. The number of aryl methyl sites for hydroxylation is 1. The van der Waals surface area contributed by atoms with E-state index < -0.39 is 0 Å². The van der Waals surface area contributed by atoms with Gasteiger partial charge in [-0.05, 0) is 36.8 Å². The average Bonchev–Trinajstić information content (AvgIpc) is 3.43. The van der Waals surface area contributed by atoms with Crippen LogP contribution in [0, 0.1) is 6.92 Å². The normalized spacial score (nSPS) is 10.9. The fourth-order valence-electron chi connectivity index (χ4n) is 3.20. The van der Waals surface area contributed by atoms with Crippen LogP contribution in [-0.4, -0.2) is 33.4 Å². The predicted molar refractivity (Wildman–Crippen MR) is 116 cm³/mol. The summed E-state index contributed by atoms with van der Waals surface area (Å²) < 4.78 is 12.8. The van der Waals surface area contributed by atoms with Gasteiger partial charge in [0.05, 0.1) is 31.2 Å². The first-order valence-electron chi connectivity index (χ1n) is 9.48. The lowest BCUT2D eigenvalue weighted by atomic mass is 10.1. The Morgan fingerprint density at radius 3 is 2.63 bits per heavy atom. The van der Waals surface area contributed by atoms with Gasteiger partial charge in [0, 0.05) is 5.56 Å². The van der Waals surface area contributed by atoms with Crippen molar-refractivity contribution in [3.05, 3.63) is 83.8 Å². The number of rotatable bonds is 8. The highest BCUT2D eigenvalue weighted by Crippen LogP contribution is 2.28. The van der Waals surface area contributed by atoms with Gasteiger partial charge in [-0.1, -0.05) is 48.2 Å². The lowest BCUT2D eigenvalue weighted by molar-refractivity contribution is 0.101. The number of furan rings is 1. The molecule has 0 N–H and O–H groups in total. The van der Waals surface area contributed by atoms with Gasteiger partial charge in [0.25, 0.3) is 0 Å². The van der Waals surface area contributed by atoms with Gasteiger partial charge in [-0.15, -0.1) is 10.2 Å². The maximum absolute atomic E-state index is 12.8. The molecule has 0 fully saturated rings. The van der Waals surface area contributed by atoms with Crippen LogP contribution in [0.25, 0.3) is 11.4 Å². The number of nitrogens with zero attached hydrogens (tertiary/aromatic N) is 3. The summed E-state index contributed by atoms with van der Waals surface area (Å²) in [5.74, 6) is 2.31. The first-order chi connectivity index (χ1) is 14.7. The molecule has 0 saturated carbocycles. The number of hydrogen-bond acceptors (Lipinski definition) is 6. The van der Waals surface area contributed by atoms with E-state index in [1.165, 1.54) is 11.8 Å². The van der Waals surface area contributed by atoms with Crippen molar-refractivity contribution in [3.63, 3.8) is 0 Å². The second-order valence-corrected chi connectivity index (χ2v) is 7.64. The minimum Gasteiger partial charge on any atom is -0.496 e. The fourth-order valence-corrected chi connectivity index (χ4v) is 4.02. The van der Waals surface area contributed by atoms with Crippen LogP contribution in [-0.2, 0) is 6.54 Å². The summed E-state index contributed by atoms with van der Waals surface area (Å²) in [6.07, 6.45) is 1.64. The minimum atomic E-state index is -0.0255. The van der Waals surface area contributed by atoms with E-state index in [2.05, 4.69) is 10.2 Å². The molecule has 0 saturated heterocycles. The topological polar surface area (TPSA) is 70.2 Å². The van der Waals surface area contributed by atoms with E-state index in [0.717, 1.165) is 22.7 Å². The molecule has 0 aliphatic rings. The highest BCUT2D eigenvalue weighted by molar-refractivity contribution is 7.99. The molecule has 2 aromatic heterocycles. The Balaban J connectivity index is 1.63. The number of ether oxygens (including phenoxy) is 1. The predicted octanol–water partition coefficient (Wildman–Crippen LogP) is 4.88. The number of para-hydroxylation sites is 1. The molecule has 4 rings (SSSR count). The highest BCUT2D eigenvalue weighted by atomic mass is 32.2. The van der Waals surface area contributed by atoms with Crippen LogP contribution in [0.4, 0.5) is 0 Å².